The monoisotopic (exact) mass is 446 g/mol. The fourth-order valence-electron chi connectivity index (χ4n) is 3.47. The first-order chi connectivity index (χ1) is 16.1. The van der Waals surface area contributed by atoms with Crippen molar-refractivity contribution in [2.45, 2.75) is 18.9 Å². The molecule has 3 rings (SSSR count). The molecule has 172 valence electrons. The summed E-state index contributed by atoms with van der Waals surface area (Å²) in [5.74, 6) is -0.285. The molecule has 0 fully saturated rings. The Bertz CT molecular complexity index is 1020. The van der Waals surface area contributed by atoms with Crippen molar-refractivity contribution in [2.75, 3.05) is 27.6 Å². The van der Waals surface area contributed by atoms with E-state index in [0.29, 0.717) is 18.4 Å². The van der Waals surface area contributed by atoms with Crippen LogP contribution in [0.2, 0.25) is 0 Å². The molecule has 2 amide bonds. The van der Waals surface area contributed by atoms with E-state index in [4.69, 9.17) is 9.47 Å². The minimum atomic E-state index is -0.296. The third-order valence-corrected chi connectivity index (χ3v) is 5.33. The first kappa shape index (κ1) is 24.2. The summed E-state index contributed by atoms with van der Waals surface area (Å²) >= 11 is 0. The van der Waals surface area contributed by atoms with Gasteiger partial charge in [0.1, 0.15) is 6.79 Å². The van der Waals surface area contributed by atoms with Gasteiger partial charge in [0.2, 0.25) is 5.91 Å². The normalized spacial score (nSPS) is 11.6. The van der Waals surface area contributed by atoms with Gasteiger partial charge in [-0.05, 0) is 40.8 Å². The van der Waals surface area contributed by atoms with Gasteiger partial charge in [-0.25, -0.2) is 0 Å². The van der Waals surface area contributed by atoms with E-state index >= 15 is 0 Å². The maximum absolute atomic E-state index is 12.8. The van der Waals surface area contributed by atoms with E-state index < -0.39 is 0 Å². The molecule has 0 saturated heterocycles. The minimum Gasteiger partial charge on any atom is -0.359 e. The van der Waals surface area contributed by atoms with Crippen molar-refractivity contribution >= 4 is 11.8 Å². The molecule has 0 aliphatic heterocycles. The van der Waals surface area contributed by atoms with Crippen molar-refractivity contribution < 1.29 is 19.1 Å². The Morgan fingerprint density at radius 1 is 0.818 bits per heavy atom. The molecule has 1 atom stereocenters. The van der Waals surface area contributed by atoms with Crippen molar-refractivity contribution in [3.63, 3.8) is 0 Å². The van der Waals surface area contributed by atoms with Crippen LogP contribution in [-0.2, 0) is 14.3 Å². The predicted molar refractivity (Wildman–Crippen MR) is 130 cm³/mol. The van der Waals surface area contributed by atoms with Gasteiger partial charge in [-0.3, -0.25) is 9.59 Å². The van der Waals surface area contributed by atoms with Gasteiger partial charge >= 0.3 is 0 Å². The van der Waals surface area contributed by atoms with Crippen molar-refractivity contribution in [1.29, 1.82) is 0 Å². The fraction of sp³-hybridized carbons (Fsp3) is 0.259. The third kappa shape index (κ3) is 7.27. The molecular weight excluding hydrogens is 416 g/mol. The number of amides is 2. The van der Waals surface area contributed by atoms with Crippen molar-refractivity contribution in [1.82, 2.24) is 10.6 Å². The van der Waals surface area contributed by atoms with E-state index in [1.54, 1.807) is 7.05 Å². The molecule has 3 aromatic carbocycles. The lowest BCUT2D eigenvalue weighted by Crippen LogP contribution is -2.39. The Kier molecular flexibility index (Phi) is 9.18. The van der Waals surface area contributed by atoms with Crippen molar-refractivity contribution in [3.8, 4) is 22.3 Å². The zero-order valence-corrected chi connectivity index (χ0v) is 19.0. The molecule has 0 heterocycles. The highest BCUT2D eigenvalue weighted by atomic mass is 16.7. The van der Waals surface area contributed by atoms with Crippen LogP contribution in [0.25, 0.3) is 22.3 Å². The van der Waals surface area contributed by atoms with E-state index in [1.165, 1.54) is 12.7 Å². The third-order valence-electron chi connectivity index (χ3n) is 5.33. The summed E-state index contributed by atoms with van der Waals surface area (Å²) in [6.07, 6.45) is 0.774. The number of rotatable bonds is 11. The first-order valence-electron chi connectivity index (χ1n) is 10.9. The van der Waals surface area contributed by atoms with Crippen LogP contribution in [-0.4, -0.2) is 45.4 Å². The number of ether oxygens (including phenoxy) is 2. The molecule has 0 radical (unpaired) electrons. The van der Waals surface area contributed by atoms with Crippen LogP contribution in [0.15, 0.2) is 78.9 Å². The molecule has 0 aliphatic rings. The van der Waals surface area contributed by atoms with E-state index in [0.717, 1.165) is 16.7 Å². The second-order valence-electron chi connectivity index (χ2n) is 7.68. The number of methoxy groups -OCH3 is 1. The number of nitrogens with one attached hydrogen (secondary N) is 2. The highest BCUT2D eigenvalue weighted by molar-refractivity contribution is 5.95. The van der Waals surface area contributed by atoms with Crippen LogP contribution >= 0.6 is 0 Å². The molecule has 0 aromatic heterocycles. The van der Waals surface area contributed by atoms with Crippen LogP contribution in [0, 0.1) is 0 Å². The largest absolute Gasteiger partial charge is 0.359 e. The van der Waals surface area contributed by atoms with Gasteiger partial charge in [-0.15, -0.1) is 0 Å². The maximum Gasteiger partial charge on any atom is 0.251 e. The van der Waals surface area contributed by atoms with E-state index in [9.17, 15) is 9.59 Å². The molecule has 0 spiro atoms. The molecule has 0 aliphatic carbocycles. The first-order valence-corrected chi connectivity index (χ1v) is 10.9. The average molecular weight is 447 g/mol. The molecule has 0 saturated carbocycles. The summed E-state index contributed by atoms with van der Waals surface area (Å²) in [5, 5.41) is 5.55. The van der Waals surface area contributed by atoms with Gasteiger partial charge < -0.3 is 20.1 Å². The van der Waals surface area contributed by atoms with Crippen LogP contribution in [0.4, 0.5) is 0 Å². The van der Waals surface area contributed by atoms with Crippen LogP contribution in [0.1, 0.15) is 23.2 Å². The summed E-state index contributed by atoms with van der Waals surface area (Å²) in [6.45, 7) is 0.395. The lowest BCUT2D eigenvalue weighted by atomic mass is 9.99. The molecular formula is C27H30N2O4. The van der Waals surface area contributed by atoms with Gasteiger partial charge in [0, 0.05) is 26.1 Å². The smallest absolute Gasteiger partial charge is 0.251 e. The van der Waals surface area contributed by atoms with Crippen LogP contribution < -0.4 is 10.6 Å². The van der Waals surface area contributed by atoms with Gasteiger partial charge in [0.25, 0.3) is 5.91 Å². The number of hydrogen-bond donors (Lipinski definition) is 2. The topological polar surface area (TPSA) is 76.7 Å². The molecule has 6 heteroatoms. The lowest BCUT2D eigenvalue weighted by Gasteiger charge is -2.18. The zero-order chi connectivity index (χ0) is 23.5. The van der Waals surface area contributed by atoms with E-state index in [1.807, 2.05) is 42.5 Å². The standard InChI is InChI=1S/C27H30N2O4/c1-28-26(30)17-16-25(18-33-19-32-2)29-27(31)24-14-12-23(13-15-24)22-10-8-21(9-11-22)20-6-4-3-5-7-20/h3-15,25H,16-19H2,1-2H3,(H,28,30)(H,29,31)/t25-/m0/s1. The lowest BCUT2D eigenvalue weighted by molar-refractivity contribution is -0.120. The van der Waals surface area contributed by atoms with Crippen LogP contribution in [0.3, 0.4) is 0 Å². The minimum absolute atomic E-state index is 0.0800. The number of hydrogen-bond acceptors (Lipinski definition) is 4. The van der Waals surface area contributed by atoms with Gasteiger partial charge in [-0.2, -0.15) is 0 Å². The Balaban J connectivity index is 1.63. The number of carbonyl (C=O) groups excluding carboxylic acids is 2. The fourth-order valence-corrected chi connectivity index (χ4v) is 3.47. The molecule has 0 bridgehead atoms. The van der Waals surface area contributed by atoms with Crippen LogP contribution in [0.5, 0.6) is 0 Å². The molecule has 0 unspecified atom stereocenters. The SMILES string of the molecule is CNC(=O)CC[C@@H](COCOC)NC(=O)c1ccc(-c2ccc(-c3ccccc3)cc2)cc1. The Labute approximate surface area is 194 Å². The van der Waals surface area contributed by atoms with E-state index in [-0.39, 0.29) is 31.3 Å². The second kappa shape index (κ2) is 12.5. The Morgan fingerprint density at radius 2 is 1.36 bits per heavy atom. The Hall–Kier alpha value is -3.48. The summed E-state index contributed by atoms with van der Waals surface area (Å²) in [5.41, 5.74) is 5.01. The Morgan fingerprint density at radius 3 is 1.91 bits per heavy atom. The molecule has 3 aromatic rings. The summed E-state index contributed by atoms with van der Waals surface area (Å²) in [7, 11) is 3.13. The van der Waals surface area contributed by atoms with Gasteiger partial charge in [0.15, 0.2) is 0 Å². The number of carbonyl (C=O) groups is 2. The zero-order valence-electron chi connectivity index (χ0n) is 19.0. The second-order valence-corrected chi connectivity index (χ2v) is 7.68. The quantitative estimate of drug-likeness (QED) is 0.341. The van der Waals surface area contributed by atoms with E-state index in [2.05, 4.69) is 47.0 Å². The number of benzene rings is 3. The maximum atomic E-state index is 12.8. The molecule has 2 N–H and O–H groups in total. The van der Waals surface area contributed by atoms with Gasteiger partial charge in [0.05, 0.1) is 12.6 Å². The van der Waals surface area contributed by atoms with Crippen molar-refractivity contribution in [3.05, 3.63) is 84.4 Å². The summed E-state index contributed by atoms with van der Waals surface area (Å²) in [4.78, 5) is 24.3. The average Bonchev–Trinajstić information content (AvgIpc) is 2.87. The predicted octanol–water partition coefficient (Wildman–Crippen LogP) is 4.27. The summed E-state index contributed by atoms with van der Waals surface area (Å²) < 4.78 is 10.3. The molecule has 33 heavy (non-hydrogen) atoms. The van der Waals surface area contributed by atoms with Crippen molar-refractivity contribution in [2.24, 2.45) is 0 Å². The molecule has 6 nitrogen and oxygen atoms in total. The highest BCUT2D eigenvalue weighted by Crippen LogP contribution is 2.25. The summed E-state index contributed by atoms with van der Waals surface area (Å²) in [6, 6.07) is 25.8. The van der Waals surface area contributed by atoms with Gasteiger partial charge in [-0.1, -0.05) is 66.7 Å². The highest BCUT2D eigenvalue weighted by Gasteiger charge is 2.16.